The SMILES string of the molecule is Cc1cccn2c(=O)c(/C=C3\SC(=S)N(C[C@@H]4CCCO4)C3=O)c(NC[C@@H]3CCCO3)nc12. The number of hydrogen-bond donors (Lipinski definition) is 1. The number of thioether (sulfide) groups is 1. The monoisotopic (exact) mass is 486 g/mol. The molecule has 1 N–H and O–H groups in total. The van der Waals surface area contributed by atoms with Gasteiger partial charge in [-0.3, -0.25) is 18.9 Å². The highest BCUT2D eigenvalue weighted by atomic mass is 32.2. The van der Waals surface area contributed by atoms with Crippen molar-refractivity contribution in [3.05, 3.63) is 44.7 Å². The molecule has 0 spiro atoms. The van der Waals surface area contributed by atoms with Crippen molar-refractivity contribution in [3.63, 3.8) is 0 Å². The number of rotatable bonds is 6. The smallest absolute Gasteiger partial charge is 0.267 e. The summed E-state index contributed by atoms with van der Waals surface area (Å²) in [6, 6.07) is 3.73. The van der Waals surface area contributed by atoms with Gasteiger partial charge in [-0.05, 0) is 50.3 Å². The Balaban J connectivity index is 1.50. The highest BCUT2D eigenvalue weighted by Gasteiger charge is 2.35. The third-order valence-electron chi connectivity index (χ3n) is 6.16. The molecule has 33 heavy (non-hydrogen) atoms. The molecule has 0 saturated carbocycles. The lowest BCUT2D eigenvalue weighted by Crippen LogP contribution is -2.35. The Labute approximate surface area is 201 Å². The number of amides is 1. The summed E-state index contributed by atoms with van der Waals surface area (Å²) in [5, 5.41) is 3.30. The molecule has 0 unspecified atom stereocenters. The molecule has 2 aromatic heterocycles. The molecule has 3 aliphatic rings. The molecule has 1 amide bonds. The van der Waals surface area contributed by atoms with E-state index in [0.29, 0.717) is 46.0 Å². The van der Waals surface area contributed by atoms with E-state index in [1.165, 1.54) is 16.2 Å². The van der Waals surface area contributed by atoms with Crippen LogP contribution in [0.1, 0.15) is 36.8 Å². The number of nitrogens with zero attached hydrogens (tertiary/aromatic N) is 3. The number of carbonyl (C=O) groups is 1. The average Bonchev–Trinajstić information content (AvgIpc) is 3.55. The number of anilines is 1. The fourth-order valence-electron chi connectivity index (χ4n) is 4.37. The standard InChI is InChI=1S/C23H26N4O4S2/c1-14-5-2-8-26-20(14)25-19(24-12-15-6-3-9-30-15)17(21(26)28)11-18-22(29)27(23(32)33-18)13-16-7-4-10-31-16/h2,5,8,11,15-16,24H,3-4,6-7,9-10,12-13H2,1H3/b18-11-/t15-,16-/m0/s1. The summed E-state index contributed by atoms with van der Waals surface area (Å²) in [7, 11) is 0. The summed E-state index contributed by atoms with van der Waals surface area (Å²) in [6.45, 7) is 4.38. The lowest BCUT2D eigenvalue weighted by molar-refractivity contribution is -0.123. The van der Waals surface area contributed by atoms with Crippen molar-refractivity contribution in [2.24, 2.45) is 0 Å². The first kappa shape index (κ1) is 22.5. The number of thiocarbonyl (C=S) groups is 1. The Kier molecular flexibility index (Phi) is 6.51. The van der Waals surface area contributed by atoms with Crippen molar-refractivity contribution in [2.45, 2.75) is 44.8 Å². The largest absolute Gasteiger partial charge is 0.376 e. The van der Waals surface area contributed by atoms with Crippen LogP contribution in [0.4, 0.5) is 5.82 Å². The maximum atomic E-state index is 13.5. The molecule has 5 heterocycles. The number of aromatic nitrogens is 2. The van der Waals surface area contributed by atoms with Crippen molar-refractivity contribution in [3.8, 4) is 0 Å². The lowest BCUT2D eigenvalue weighted by atomic mass is 10.2. The lowest BCUT2D eigenvalue weighted by Gasteiger charge is -2.18. The minimum absolute atomic E-state index is 0.00595. The van der Waals surface area contributed by atoms with Gasteiger partial charge in [0, 0.05) is 26.0 Å². The number of hydrogen-bond acceptors (Lipinski definition) is 8. The van der Waals surface area contributed by atoms with Crippen LogP contribution in [-0.4, -0.2) is 63.0 Å². The normalized spacial score (nSPS) is 24.5. The van der Waals surface area contributed by atoms with Crippen LogP contribution in [-0.2, 0) is 14.3 Å². The van der Waals surface area contributed by atoms with Crippen LogP contribution in [0.25, 0.3) is 11.7 Å². The molecule has 2 aromatic rings. The molecular formula is C23H26N4O4S2. The zero-order valence-electron chi connectivity index (χ0n) is 18.4. The minimum atomic E-state index is -0.233. The van der Waals surface area contributed by atoms with E-state index >= 15 is 0 Å². The maximum Gasteiger partial charge on any atom is 0.267 e. The van der Waals surface area contributed by atoms with E-state index < -0.39 is 0 Å². The summed E-state index contributed by atoms with van der Waals surface area (Å²) in [4.78, 5) is 33.3. The van der Waals surface area contributed by atoms with Gasteiger partial charge in [0.15, 0.2) is 0 Å². The van der Waals surface area contributed by atoms with Gasteiger partial charge in [-0.1, -0.05) is 30.0 Å². The first-order valence-electron chi connectivity index (χ1n) is 11.3. The number of pyridine rings is 1. The second kappa shape index (κ2) is 9.54. The second-order valence-electron chi connectivity index (χ2n) is 8.51. The number of nitrogens with one attached hydrogen (secondary N) is 1. The highest BCUT2D eigenvalue weighted by Crippen LogP contribution is 2.34. The van der Waals surface area contributed by atoms with E-state index in [2.05, 4.69) is 5.32 Å². The van der Waals surface area contributed by atoms with Gasteiger partial charge in [0.05, 0.1) is 29.2 Å². The molecule has 0 radical (unpaired) electrons. The fraction of sp³-hybridized carbons (Fsp3) is 0.478. The molecular weight excluding hydrogens is 460 g/mol. The van der Waals surface area contributed by atoms with Gasteiger partial charge in [0.25, 0.3) is 11.5 Å². The summed E-state index contributed by atoms with van der Waals surface area (Å²) >= 11 is 6.68. The topological polar surface area (TPSA) is 85.2 Å². The first-order valence-corrected chi connectivity index (χ1v) is 12.5. The van der Waals surface area contributed by atoms with Crippen molar-refractivity contribution in [2.75, 3.05) is 31.6 Å². The number of carbonyl (C=O) groups excluding carboxylic acids is 1. The molecule has 0 aromatic carbocycles. The second-order valence-corrected chi connectivity index (χ2v) is 10.2. The van der Waals surface area contributed by atoms with Gasteiger partial charge in [0.1, 0.15) is 15.8 Å². The Bertz CT molecular complexity index is 1180. The van der Waals surface area contributed by atoms with E-state index in [0.717, 1.165) is 37.9 Å². The number of fused-ring (bicyclic) bond motifs is 1. The van der Waals surface area contributed by atoms with Crippen LogP contribution in [0, 0.1) is 6.92 Å². The summed E-state index contributed by atoms with van der Waals surface area (Å²) in [5.41, 5.74) is 1.58. The van der Waals surface area contributed by atoms with Crippen molar-refractivity contribution >= 4 is 51.7 Å². The van der Waals surface area contributed by atoms with Gasteiger partial charge < -0.3 is 14.8 Å². The zero-order valence-corrected chi connectivity index (χ0v) is 20.0. The third-order valence-corrected chi connectivity index (χ3v) is 7.54. The first-order chi connectivity index (χ1) is 16.0. The highest BCUT2D eigenvalue weighted by molar-refractivity contribution is 8.26. The van der Waals surface area contributed by atoms with E-state index in [9.17, 15) is 9.59 Å². The van der Waals surface area contributed by atoms with Gasteiger partial charge in [0.2, 0.25) is 0 Å². The molecule has 3 fully saturated rings. The van der Waals surface area contributed by atoms with Crippen LogP contribution in [0.3, 0.4) is 0 Å². The molecule has 2 atom stereocenters. The summed E-state index contributed by atoms with van der Waals surface area (Å²) < 4.78 is 13.4. The van der Waals surface area contributed by atoms with Crippen molar-refractivity contribution in [1.29, 1.82) is 0 Å². The minimum Gasteiger partial charge on any atom is -0.376 e. The molecule has 3 aliphatic heterocycles. The molecule has 0 bridgehead atoms. The predicted octanol–water partition coefficient (Wildman–Crippen LogP) is 2.97. The maximum absolute atomic E-state index is 13.5. The molecule has 3 saturated heterocycles. The van der Waals surface area contributed by atoms with E-state index in [4.69, 9.17) is 26.7 Å². The summed E-state index contributed by atoms with van der Waals surface area (Å²) in [6.07, 6.45) is 7.32. The van der Waals surface area contributed by atoms with Crippen LogP contribution in [0.5, 0.6) is 0 Å². The number of ether oxygens (including phenoxy) is 2. The van der Waals surface area contributed by atoms with Crippen LogP contribution in [0.15, 0.2) is 28.0 Å². The van der Waals surface area contributed by atoms with Crippen LogP contribution >= 0.6 is 24.0 Å². The van der Waals surface area contributed by atoms with Gasteiger partial charge >= 0.3 is 0 Å². The van der Waals surface area contributed by atoms with Crippen LogP contribution < -0.4 is 10.9 Å². The van der Waals surface area contributed by atoms with Gasteiger partial charge in [-0.2, -0.15) is 0 Å². The Morgan fingerprint density at radius 2 is 2.00 bits per heavy atom. The molecule has 10 heteroatoms. The molecule has 0 aliphatic carbocycles. The van der Waals surface area contributed by atoms with E-state index in [1.807, 2.05) is 19.1 Å². The van der Waals surface area contributed by atoms with E-state index in [1.54, 1.807) is 17.2 Å². The zero-order chi connectivity index (χ0) is 22.9. The van der Waals surface area contributed by atoms with E-state index in [-0.39, 0.29) is 23.7 Å². The fourth-order valence-corrected chi connectivity index (χ4v) is 5.63. The predicted molar refractivity (Wildman–Crippen MR) is 133 cm³/mol. The Morgan fingerprint density at radius 3 is 2.73 bits per heavy atom. The number of aryl methyl sites for hydroxylation is 1. The Morgan fingerprint density at radius 1 is 1.24 bits per heavy atom. The third kappa shape index (κ3) is 4.57. The Hall–Kier alpha value is -2.27. The quantitative estimate of drug-likeness (QED) is 0.493. The molecule has 8 nitrogen and oxygen atoms in total. The van der Waals surface area contributed by atoms with Gasteiger partial charge in [-0.25, -0.2) is 4.98 Å². The van der Waals surface area contributed by atoms with Crippen molar-refractivity contribution < 1.29 is 14.3 Å². The summed E-state index contributed by atoms with van der Waals surface area (Å²) in [5.74, 6) is 0.258. The van der Waals surface area contributed by atoms with Gasteiger partial charge in [-0.15, -0.1) is 0 Å². The van der Waals surface area contributed by atoms with Crippen LogP contribution in [0.2, 0.25) is 0 Å². The average molecular weight is 487 g/mol. The molecule has 174 valence electrons. The van der Waals surface area contributed by atoms with Crippen molar-refractivity contribution in [1.82, 2.24) is 14.3 Å². The molecule has 5 rings (SSSR count).